The second-order valence-electron chi connectivity index (χ2n) is 9.57. The number of nitrogens with zero attached hydrogens (tertiary/aromatic N) is 1. The van der Waals surface area contributed by atoms with E-state index in [4.69, 9.17) is 13.9 Å². The van der Waals surface area contributed by atoms with Gasteiger partial charge in [-0.25, -0.2) is 0 Å². The summed E-state index contributed by atoms with van der Waals surface area (Å²) in [7, 11) is 1.58. The number of carbonyl (C=O) groups excluding carboxylic acids is 1. The zero-order chi connectivity index (χ0) is 26.1. The van der Waals surface area contributed by atoms with Gasteiger partial charge in [0, 0.05) is 11.0 Å². The van der Waals surface area contributed by atoms with Gasteiger partial charge in [-0.2, -0.15) is 0 Å². The lowest BCUT2D eigenvalue weighted by Gasteiger charge is -2.26. The van der Waals surface area contributed by atoms with Crippen LogP contribution in [0.2, 0.25) is 0 Å². The summed E-state index contributed by atoms with van der Waals surface area (Å²) in [6.45, 7) is 5.13. The van der Waals surface area contributed by atoms with Crippen molar-refractivity contribution in [2.24, 2.45) is 5.92 Å². The third-order valence-corrected chi connectivity index (χ3v) is 6.98. The molecule has 0 bridgehead atoms. The molecule has 4 aromatic rings. The number of carbonyl (C=O) groups is 1. The molecule has 0 spiro atoms. The molecule has 1 unspecified atom stereocenters. The Morgan fingerprint density at radius 3 is 2.51 bits per heavy atom. The van der Waals surface area contributed by atoms with E-state index < -0.39 is 6.04 Å². The molecule has 0 fully saturated rings. The molecule has 0 radical (unpaired) electrons. The number of methoxy groups -OCH3 is 1. The molecule has 2 heterocycles. The van der Waals surface area contributed by atoms with E-state index in [1.165, 1.54) is 0 Å². The molecule has 7 heteroatoms. The maximum absolute atomic E-state index is 13.8. The third kappa shape index (κ3) is 4.88. The van der Waals surface area contributed by atoms with Crippen molar-refractivity contribution < 1.29 is 18.7 Å². The molecule has 190 valence electrons. The summed E-state index contributed by atoms with van der Waals surface area (Å²) in [5.41, 5.74) is 2.39. The predicted octanol–water partition coefficient (Wildman–Crippen LogP) is 6.39. The van der Waals surface area contributed by atoms with E-state index in [-0.39, 0.29) is 17.1 Å². The van der Waals surface area contributed by atoms with Crippen molar-refractivity contribution in [1.29, 1.82) is 0 Å². The second kappa shape index (κ2) is 10.4. The molecule has 3 aromatic carbocycles. The monoisotopic (exact) mass is 561 g/mol. The minimum absolute atomic E-state index is 0.0944. The van der Waals surface area contributed by atoms with E-state index in [0.717, 1.165) is 15.6 Å². The molecule has 0 saturated heterocycles. The predicted molar refractivity (Wildman–Crippen MR) is 147 cm³/mol. The highest BCUT2D eigenvalue weighted by atomic mass is 79.9. The van der Waals surface area contributed by atoms with Crippen LogP contribution in [0.1, 0.15) is 47.1 Å². The number of rotatable bonds is 8. The van der Waals surface area contributed by atoms with Crippen LogP contribution in [-0.4, -0.2) is 31.1 Å². The number of hydrogen-bond donors (Lipinski definition) is 0. The summed E-state index contributed by atoms with van der Waals surface area (Å²) in [6, 6.07) is 20.2. The van der Waals surface area contributed by atoms with E-state index >= 15 is 0 Å². The number of benzene rings is 3. The Labute approximate surface area is 223 Å². The van der Waals surface area contributed by atoms with Gasteiger partial charge in [-0.05, 0) is 53.8 Å². The van der Waals surface area contributed by atoms with E-state index in [1.807, 2.05) is 48.5 Å². The Bertz CT molecular complexity index is 1510. The summed E-state index contributed by atoms with van der Waals surface area (Å²) >= 11 is 3.44. The van der Waals surface area contributed by atoms with Gasteiger partial charge in [-0.15, -0.1) is 0 Å². The Balaban J connectivity index is 1.62. The summed E-state index contributed by atoms with van der Waals surface area (Å²) in [5.74, 6) is 1.33. The van der Waals surface area contributed by atoms with E-state index in [9.17, 15) is 9.59 Å². The molecular weight excluding hydrogens is 534 g/mol. The average Bonchev–Trinajstić information content (AvgIpc) is 3.18. The smallest absolute Gasteiger partial charge is 0.290 e. The molecule has 1 aromatic heterocycles. The minimum Gasteiger partial charge on any atom is -0.493 e. The van der Waals surface area contributed by atoms with Crippen molar-refractivity contribution in [3.05, 3.63) is 104 Å². The first-order chi connectivity index (χ1) is 17.9. The number of halogens is 1. The second-order valence-corrected chi connectivity index (χ2v) is 10.5. The Kier molecular flexibility index (Phi) is 7.07. The van der Waals surface area contributed by atoms with Crippen LogP contribution >= 0.6 is 15.9 Å². The molecule has 1 aliphatic rings. The molecule has 5 rings (SSSR count). The van der Waals surface area contributed by atoms with Crippen molar-refractivity contribution in [2.45, 2.75) is 26.3 Å². The number of amides is 1. The zero-order valence-electron chi connectivity index (χ0n) is 21.0. The average molecular weight is 562 g/mol. The lowest BCUT2D eigenvalue weighted by Crippen LogP contribution is -2.31. The Morgan fingerprint density at radius 1 is 1.00 bits per heavy atom. The molecule has 37 heavy (non-hydrogen) atoms. The summed E-state index contributed by atoms with van der Waals surface area (Å²) in [5, 5.41) is 0.430. The SMILES string of the molecule is COc1cc(C2c3c(oc4ccc(Br)cc4c3=O)C(=O)N2CCc2ccccc2)ccc1OCC(C)C. The van der Waals surface area contributed by atoms with Gasteiger partial charge in [0.1, 0.15) is 5.58 Å². The van der Waals surface area contributed by atoms with Crippen molar-refractivity contribution in [3.8, 4) is 11.5 Å². The molecular formula is C30H28BrNO5. The maximum atomic E-state index is 13.8. The normalized spacial score (nSPS) is 14.9. The van der Waals surface area contributed by atoms with Crippen molar-refractivity contribution in [2.75, 3.05) is 20.3 Å². The van der Waals surface area contributed by atoms with E-state index in [1.54, 1.807) is 30.2 Å². The van der Waals surface area contributed by atoms with Gasteiger partial charge in [-0.1, -0.05) is 66.2 Å². The van der Waals surface area contributed by atoms with Crippen LogP contribution in [0.3, 0.4) is 0 Å². The van der Waals surface area contributed by atoms with Crippen LogP contribution in [0.15, 0.2) is 80.4 Å². The summed E-state index contributed by atoms with van der Waals surface area (Å²) in [6.07, 6.45) is 0.642. The Morgan fingerprint density at radius 2 is 1.78 bits per heavy atom. The molecule has 0 N–H and O–H groups in total. The molecule has 1 amide bonds. The van der Waals surface area contributed by atoms with Crippen molar-refractivity contribution >= 4 is 32.8 Å². The zero-order valence-corrected chi connectivity index (χ0v) is 22.6. The Hall–Kier alpha value is -3.58. The van der Waals surface area contributed by atoms with Gasteiger partial charge >= 0.3 is 0 Å². The van der Waals surface area contributed by atoms with Crippen molar-refractivity contribution in [1.82, 2.24) is 4.90 Å². The quantitative estimate of drug-likeness (QED) is 0.249. The first kappa shape index (κ1) is 25.1. The van der Waals surface area contributed by atoms with Gasteiger partial charge < -0.3 is 18.8 Å². The summed E-state index contributed by atoms with van der Waals surface area (Å²) < 4.78 is 18.4. The number of fused-ring (bicyclic) bond motifs is 2. The number of ether oxygens (including phenoxy) is 2. The highest BCUT2D eigenvalue weighted by molar-refractivity contribution is 9.10. The van der Waals surface area contributed by atoms with Crippen LogP contribution in [0, 0.1) is 5.92 Å². The molecule has 1 atom stereocenters. The van der Waals surface area contributed by atoms with Crippen LogP contribution in [-0.2, 0) is 6.42 Å². The minimum atomic E-state index is -0.612. The van der Waals surface area contributed by atoms with Crippen molar-refractivity contribution in [3.63, 3.8) is 0 Å². The third-order valence-electron chi connectivity index (χ3n) is 6.49. The van der Waals surface area contributed by atoms with Crippen LogP contribution in [0.25, 0.3) is 11.0 Å². The lowest BCUT2D eigenvalue weighted by molar-refractivity contribution is 0.0730. The fraction of sp³-hybridized carbons (Fsp3) is 0.267. The fourth-order valence-corrected chi connectivity index (χ4v) is 5.06. The maximum Gasteiger partial charge on any atom is 0.290 e. The van der Waals surface area contributed by atoms with Gasteiger partial charge in [0.2, 0.25) is 5.76 Å². The van der Waals surface area contributed by atoms with Gasteiger partial charge in [-0.3, -0.25) is 9.59 Å². The first-order valence-corrected chi connectivity index (χ1v) is 13.1. The highest BCUT2D eigenvalue weighted by Crippen LogP contribution is 2.41. The fourth-order valence-electron chi connectivity index (χ4n) is 4.69. The molecule has 0 saturated carbocycles. The lowest BCUT2D eigenvalue weighted by atomic mass is 9.97. The molecule has 6 nitrogen and oxygen atoms in total. The van der Waals surface area contributed by atoms with Crippen LogP contribution in [0.5, 0.6) is 11.5 Å². The first-order valence-electron chi connectivity index (χ1n) is 12.3. The molecule has 0 aliphatic carbocycles. The van der Waals surface area contributed by atoms with Gasteiger partial charge in [0.05, 0.1) is 30.7 Å². The topological polar surface area (TPSA) is 69.0 Å². The van der Waals surface area contributed by atoms with E-state index in [2.05, 4.69) is 29.8 Å². The van der Waals surface area contributed by atoms with Gasteiger partial charge in [0.15, 0.2) is 16.9 Å². The van der Waals surface area contributed by atoms with Crippen LogP contribution in [0.4, 0.5) is 0 Å². The van der Waals surface area contributed by atoms with Crippen LogP contribution < -0.4 is 14.9 Å². The number of hydrogen-bond acceptors (Lipinski definition) is 5. The largest absolute Gasteiger partial charge is 0.493 e. The standard InChI is InChI=1S/C30H28BrNO5/c1-18(2)17-36-24-11-9-20(15-25(24)35-3)27-26-28(33)22-16-21(31)10-12-23(22)37-29(26)30(34)32(27)14-13-19-7-5-4-6-8-19/h4-12,15-16,18,27H,13-14,17H2,1-3H3. The highest BCUT2D eigenvalue weighted by Gasteiger charge is 2.42. The summed E-state index contributed by atoms with van der Waals surface area (Å²) in [4.78, 5) is 29.2. The van der Waals surface area contributed by atoms with E-state index in [0.29, 0.717) is 53.5 Å². The van der Waals surface area contributed by atoms with Gasteiger partial charge in [0.25, 0.3) is 5.91 Å². The molecule has 1 aliphatic heterocycles.